The second kappa shape index (κ2) is 7.09. The fraction of sp³-hybridized carbons (Fsp3) is 0.583. The Morgan fingerprint density at radius 1 is 1.41 bits per heavy atom. The summed E-state index contributed by atoms with van der Waals surface area (Å²) >= 11 is 0. The summed E-state index contributed by atoms with van der Waals surface area (Å²) in [7, 11) is 0. The van der Waals surface area contributed by atoms with Gasteiger partial charge in [-0.05, 0) is 26.0 Å². The molecule has 1 aromatic rings. The summed E-state index contributed by atoms with van der Waals surface area (Å²) in [5, 5.41) is 14.7. The number of nitrogens with one attached hydrogen (secondary N) is 2. The molecule has 1 rings (SSSR count). The fourth-order valence-corrected chi connectivity index (χ4v) is 1.41. The molecule has 0 bridgehead atoms. The molecule has 0 radical (unpaired) electrons. The fourth-order valence-electron chi connectivity index (χ4n) is 1.41. The minimum absolute atomic E-state index is 0.0444. The number of hydrogen-bond acceptors (Lipinski definition) is 4. The van der Waals surface area contributed by atoms with E-state index in [-0.39, 0.29) is 18.6 Å². The second-order valence-corrected chi connectivity index (χ2v) is 4.18. The lowest BCUT2D eigenvalue weighted by Gasteiger charge is -2.08. The van der Waals surface area contributed by atoms with Gasteiger partial charge in [0, 0.05) is 19.0 Å². The largest absolute Gasteiger partial charge is 0.462 e. The van der Waals surface area contributed by atoms with Crippen LogP contribution in [0.25, 0.3) is 0 Å². The van der Waals surface area contributed by atoms with Crippen molar-refractivity contribution in [3.8, 4) is 0 Å². The zero-order chi connectivity index (χ0) is 12.7. The molecule has 0 aliphatic carbocycles. The maximum absolute atomic E-state index is 11.3. The molecule has 17 heavy (non-hydrogen) atoms. The van der Waals surface area contributed by atoms with Gasteiger partial charge in [-0.25, -0.2) is 0 Å². The average molecular weight is 240 g/mol. The van der Waals surface area contributed by atoms with E-state index in [1.807, 2.05) is 19.9 Å². The number of aliphatic hydroxyl groups is 1. The molecule has 0 atom stereocenters. The van der Waals surface area contributed by atoms with E-state index in [9.17, 15) is 4.79 Å². The van der Waals surface area contributed by atoms with Crippen LogP contribution in [0.4, 0.5) is 0 Å². The van der Waals surface area contributed by atoms with Crippen molar-refractivity contribution in [2.45, 2.75) is 39.5 Å². The molecule has 1 heterocycles. The molecule has 96 valence electrons. The van der Waals surface area contributed by atoms with Gasteiger partial charge in [0.2, 0.25) is 5.91 Å². The molecule has 1 amide bonds. The first-order valence-corrected chi connectivity index (χ1v) is 5.80. The molecule has 5 nitrogen and oxygen atoms in total. The van der Waals surface area contributed by atoms with Crippen molar-refractivity contribution < 1.29 is 14.3 Å². The van der Waals surface area contributed by atoms with Crippen LogP contribution < -0.4 is 10.6 Å². The third kappa shape index (κ3) is 5.51. The number of furan rings is 1. The molecule has 0 aliphatic rings. The Morgan fingerprint density at radius 2 is 2.12 bits per heavy atom. The Bertz CT molecular complexity index is 347. The molecular weight excluding hydrogens is 220 g/mol. The molecule has 1 aromatic heterocycles. The minimum atomic E-state index is -0.0865. The van der Waals surface area contributed by atoms with Gasteiger partial charge in [-0.15, -0.1) is 0 Å². The first kappa shape index (κ1) is 13.7. The Kier molecular flexibility index (Phi) is 5.72. The highest BCUT2D eigenvalue weighted by atomic mass is 16.4. The van der Waals surface area contributed by atoms with Crippen LogP contribution in [0.3, 0.4) is 0 Å². The summed E-state index contributed by atoms with van der Waals surface area (Å²) in [5.74, 6) is 1.36. The van der Waals surface area contributed by atoms with Gasteiger partial charge in [-0.2, -0.15) is 0 Å². The van der Waals surface area contributed by atoms with Crippen LogP contribution in [0.2, 0.25) is 0 Å². The van der Waals surface area contributed by atoms with Gasteiger partial charge in [-0.3, -0.25) is 4.79 Å². The van der Waals surface area contributed by atoms with E-state index in [4.69, 9.17) is 9.52 Å². The number of aliphatic hydroxyl groups excluding tert-OH is 1. The van der Waals surface area contributed by atoms with Crippen molar-refractivity contribution in [3.05, 3.63) is 23.7 Å². The van der Waals surface area contributed by atoms with Crippen molar-refractivity contribution in [1.82, 2.24) is 10.6 Å². The molecule has 0 unspecified atom stereocenters. The van der Waals surface area contributed by atoms with Crippen molar-refractivity contribution in [3.63, 3.8) is 0 Å². The smallest absolute Gasteiger partial charge is 0.221 e. The van der Waals surface area contributed by atoms with Crippen molar-refractivity contribution >= 4 is 5.91 Å². The highest BCUT2D eigenvalue weighted by Crippen LogP contribution is 2.06. The van der Waals surface area contributed by atoms with Gasteiger partial charge < -0.3 is 20.2 Å². The van der Waals surface area contributed by atoms with E-state index in [1.54, 1.807) is 6.07 Å². The summed E-state index contributed by atoms with van der Waals surface area (Å²) in [4.78, 5) is 11.3. The highest BCUT2D eigenvalue weighted by molar-refractivity contribution is 5.76. The minimum Gasteiger partial charge on any atom is -0.462 e. The predicted octanol–water partition coefficient (Wildman–Crippen LogP) is 0.776. The summed E-state index contributed by atoms with van der Waals surface area (Å²) in [6, 6.07) is 3.73. The molecular formula is C12H20N2O3. The molecule has 5 heteroatoms. The third-order valence-electron chi connectivity index (χ3n) is 2.15. The van der Waals surface area contributed by atoms with Crippen LogP contribution in [-0.2, 0) is 17.9 Å². The van der Waals surface area contributed by atoms with Crippen LogP contribution in [0.5, 0.6) is 0 Å². The van der Waals surface area contributed by atoms with Gasteiger partial charge in [0.25, 0.3) is 0 Å². The zero-order valence-corrected chi connectivity index (χ0v) is 10.3. The quantitative estimate of drug-likeness (QED) is 0.616. The second-order valence-electron chi connectivity index (χ2n) is 4.18. The number of amides is 1. The highest BCUT2D eigenvalue weighted by Gasteiger charge is 2.03. The van der Waals surface area contributed by atoms with Crippen LogP contribution >= 0.6 is 0 Å². The van der Waals surface area contributed by atoms with Gasteiger partial charge in [0.15, 0.2) is 0 Å². The van der Waals surface area contributed by atoms with Crippen LogP contribution in [0.1, 0.15) is 31.8 Å². The van der Waals surface area contributed by atoms with E-state index < -0.39 is 0 Å². The Morgan fingerprint density at radius 3 is 2.71 bits per heavy atom. The van der Waals surface area contributed by atoms with Crippen molar-refractivity contribution in [1.29, 1.82) is 0 Å². The molecule has 0 spiro atoms. The lowest BCUT2D eigenvalue weighted by molar-refractivity contribution is -0.121. The van der Waals surface area contributed by atoms with Crippen LogP contribution in [0.15, 0.2) is 16.5 Å². The summed E-state index contributed by atoms with van der Waals surface area (Å²) < 4.78 is 5.29. The van der Waals surface area contributed by atoms with Crippen LogP contribution in [-0.4, -0.2) is 23.6 Å². The van der Waals surface area contributed by atoms with Crippen LogP contribution in [0, 0.1) is 0 Å². The van der Waals surface area contributed by atoms with Gasteiger partial charge >= 0.3 is 0 Å². The molecule has 0 saturated carbocycles. The summed E-state index contributed by atoms with van der Waals surface area (Å²) in [6.07, 6.45) is 0.450. The predicted molar refractivity (Wildman–Crippen MR) is 64.2 cm³/mol. The summed E-state index contributed by atoms with van der Waals surface area (Å²) in [5.41, 5.74) is 0. The molecule has 0 saturated heterocycles. The van der Waals surface area contributed by atoms with E-state index in [1.165, 1.54) is 0 Å². The SMILES string of the molecule is CC(C)NC(=O)CCNCc1ccc(CO)o1. The van der Waals surface area contributed by atoms with Gasteiger partial charge in [-0.1, -0.05) is 0 Å². The molecule has 0 aliphatic heterocycles. The van der Waals surface area contributed by atoms with E-state index in [0.29, 0.717) is 25.3 Å². The standard InChI is InChI=1S/C12H20N2O3/c1-9(2)14-12(16)5-6-13-7-10-3-4-11(8-15)17-10/h3-4,9,13,15H,5-8H2,1-2H3,(H,14,16). The average Bonchev–Trinajstić information content (AvgIpc) is 2.71. The van der Waals surface area contributed by atoms with Gasteiger partial charge in [0.1, 0.15) is 18.1 Å². The topological polar surface area (TPSA) is 74.5 Å². The first-order chi connectivity index (χ1) is 8.11. The molecule has 0 aromatic carbocycles. The maximum atomic E-state index is 11.3. The third-order valence-corrected chi connectivity index (χ3v) is 2.15. The number of hydrogen-bond donors (Lipinski definition) is 3. The number of carbonyl (C=O) groups is 1. The Labute approximate surface area is 101 Å². The number of carbonyl (C=O) groups excluding carboxylic acids is 1. The van der Waals surface area contributed by atoms with E-state index >= 15 is 0 Å². The maximum Gasteiger partial charge on any atom is 0.221 e. The number of rotatable bonds is 7. The van der Waals surface area contributed by atoms with Crippen molar-refractivity contribution in [2.75, 3.05) is 6.54 Å². The first-order valence-electron chi connectivity index (χ1n) is 5.80. The lowest BCUT2D eigenvalue weighted by Crippen LogP contribution is -2.32. The normalized spacial score (nSPS) is 10.8. The lowest BCUT2D eigenvalue weighted by atomic mass is 10.3. The van der Waals surface area contributed by atoms with E-state index in [0.717, 1.165) is 5.76 Å². The Balaban J connectivity index is 2.13. The van der Waals surface area contributed by atoms with E-state index in [2.05, 4.69) is 10.6 Å². The van der Waals surface area contributed by atoms with Gasteiger partial charge in [0.05, 0.1) is 6.54 Å². The zero-order valence-electron chi connectivity index (χ0n) is 10.3. The molecule has 0 fully saturated rings. The molecule has 3 N–H and O–H groups in total. The van der Waals surface area contributed by atoms with Crippen molar-refractivity contribution in [2.24, 2.45) is 0 Å². The Hall–Kier alpha value is -1.33. The monoisotopic (exact) mass is 240 g/mol. The summed E-state index contributed by atoms with van der Waals surface area (Å²) in [6.45, 7) is 4.95.